The van der Waals surface area contributed by atoms with E-state index in [9.17, 15) is 4.79 Å². The van der Waals surface area contributed by atoms with Crippen LogP contribution in [0.1, 0.15) is 24.0 Å². The van der Waals surface area contributed by atoms with E-state index < -0.39 is 0 Å². The molecule has 3 aromatic heterocycles. The SMILES string of the molecule is Cc1ccc2[nH]c(-c3ccccn3)c(CCCC(=O)Oc3cccc4cccnc34)c2c1. The largest absolute Gasteiger partial charge is 0.424 e. The highest BCUT2D eigenvalue weighted by Gasteiger charge is 2.15. The Bertz CT molecular complexity index is 1400. The van der Waals surface area contributed by atoms with Gasteiger partial charge in [-0.05, 0) is 61.7 Å². The number of para-hydroxylation sites is 1. The summed E-state index contributed by atoms with van der Waals surface area (Å²) in [4.78, 5) is 25.0. The van der Waals surface area contributed by atoms with Crippen molar-refractivity contribution in [1.29, 1.82) is 0 Å². The number of hydrogen-bond acceptors (Lipinski definition) is 4. The number of rotatable bonds is 6. The molecule has 5 heteroatoms. The van der Waals surface area contributed by atoms with Crippen molar-refractivity contribution in [2.75, 3.05) is 0 Å². The smallest absolute Gasteiger partial charge is 0.311 e. The number of nitrogens with one attached hydrogen (secondary N) is 1. The van der Waals surface area contributed by atoms with Gasteiger partial charge in [-0.15, -0.1) is 0 Å². The molecule has 0 atom stereocenters. The molecule has 0 saturated heterocycles. The molecule has 0 amide bonds. The van der Waals surface area contributed by atoms with Crippen LogP contribution in [0.4, 0.5) is 0 Å². The summed E-state index contributed by atoms with van der Waals surface area (Å²) < 4.78 is 5.65. The summed E-state index contributed by atoms with van der Waals surface area (Å²) in [5, 5.41) is 2.13. The Morgan fingerprint density at radius 1 is 0.969 bits per heavy atom. The van der Waals surface area contributed by atoms with Crippen molar-refractivity contribution < 1.29 is 9.53 Å². The number of H-pyrrole nitrogens is 1. The number of benzene rings is 2. The maximum atomic E-state index is 12.6. The van der Waals surface area contributed by atoms with Gasteiger partial charge in [-0.2, -0.15) is 0 Å². The zero-order valence-corrected chi connectivity index (χ0v) is 17.8. The lowest BCUT2D eigenvalue weighted by Gasteiger charge is -2.08. The normalized spacial score (nSPS) is 11.2. The van der Waals surface area contributed by atoms with Crippen molar-refractivity contribution in [2.24, 2.45) is 0 Å². The van der Waals surface area contributed by atoms with Gasteiger partial charge >= 0.3 is 5.97 Å². The minimum absolute atomic E-state index is 0.251. The Hall–Kier alpha value is -3.99. The summed E-state index contributed by atoms with van der Waals surface area (Å²) in [5.41, 5.74) is 6.08. The third-order valence-electron chi connectivity index (χ3n) is 5.61. The summed E-state index contributed by atoms with van der Waals surface area (Å²) in [6, 6.07) is 21.7. The van der Waals surface area contributed by atoms with E-state index in [0.717, 1.165) is 28.7 Å². The second kappa shape index (κ2) is 8.63. The number of carbonyl (C=O) groups is 1. The first-order chi connectivity index (χ1) is 15.7. The third-order valence-corrected chi connectivity index (χ3v) is 5.61. The van der Waals surface area contributed by atoms with Crippen LogP contribution in [0.3, 0.4) is 0 Å². The molecule has 0 aliphatic heterocycles. The fourth-order valence-electron chi connectivity index (χ4n) is 4.09. The highest BCUT2D eigenvalue weighted by atomic mass is 16.5. The van der Waals surface area contributed by atoms with Gasteiger partial charge in [0.15, 0.2) is 5.75 Å². The van der Waals surface area contributed by atoms with Gasteiger partial charge in [0.25, 0.3) is 0 Å². The first kappa shape index (κ1) is 19.9. The summed E-state index contributed by atoms with van der Waals surface area (Å²) >= 11 is 0. The molecule has 32 heavy (non-hydrogen) atoms. The predicted octanol–water partition coefficient (Wildman–Crippen LogP) is 6.01. The highest BCUT2D eigenvalue weighted by Crippen LogP contribution is 2.31. The fraction of sp³-hybridized carbons (Fsp3) is 0.148. The number of nitrogens with zero attached hydrogens (tertiary/aromatic N) is 2. The number of aromatic nitrogens is 3. The van der Waals surface area contributed by atoms with E-state index in [4.69, 9.17) is 4.74 Å². The van der Waals surface area contributed by atoms with Crippen LogP contribution in [0.2, 0.25) is 0 Å². The summed E-state index contributed by atoms with van der Waals surface area (Å²) in [6.45, 7) is 2.09. The molecule has 3 heterocycles. The van der Waals surface area contributed by atoms with Crippen LogP contribution in [0, 0.1) is 6.92 Å². The standard InChI is InChI=1S/C27H23N3O2/c1-18-13-14-22-21(17-18)20(27(30-22)23-10-2-3-15-28-23)9-5-12-25(31)32-24-11-4-7-19-8-6-16-29-26(19)24/h2-4,6-8,10-11,13-17,30H,5,9,12H2,1H3. The Morgan fingerprint density at radius 2 is 1.84 bits per heavy atom. The van der Waals surface area contributed by atoms with Crippen LogP contribution in [-0.2, 0) is 11.2 Å². The number of ether oxygens (including phenoxy) is 1. The van der Waals surface area contributed by atoms with Crippen molar-refractivity contribution in [3.05, 3.63) is 90.3 Å². The van der Waals surface area contributed by atoms with E-state index in [1.165, 1.54) is 16.5 Å². The predicted molar refractivity (Wildman–Crippen MR) is 127 cm³/mol. The molecule has 0 spiro atoms. The molecule has 0 aliphatic carbocycles. The van der Waals surface area contributed by atoms with Crippen molar-refractivity contribution >= 4 is 27.8 Å². The number of aryl methyl sites for hydroxylation is 2. The third kappa shape index (κ3) is 3.97. The molecular weight excluding hydrogens is 398 g/mol. The molecule has 158 valence electrons. The van der Waals surface area contributed by atoms with Gasteiger partial charge in [-0.25, -0.2) is 0 Å². The van der Waals surface area contributed by atoms with E-state index in [0.29, 0.717) is 24.1 Å². The Balaban J connectivity index is 1.35. The number of hydrogen-bond donors (Lipinski definition) is 1. The molecule has 0 aliphatic rings. The van der Waals surface area contributed by atoms with Gasteiger partial charge in [0.05, 0.1) is 11.4 Å². The Morgan fingerprint density at radius 3 is 2.72 bits per heavy atom. The van der Waals surface area contributed by atoms with Gasteiger partial charge < -0.3 is 9.72 Å². The number of pyridine rings is 2. The average molecular weight is 422 g/mol. The molecule has 0 radical (unpaired) electrons. The first-order valence-electron chi connectivity index (χ1n) is 10.8. The molecule has 1 N–H and O–H groups in total. The van der Waals surface area contributed by atoms with Crippen LogP contribution in [0.25, 0.3) is 33.2 Å². The highest BCUT2D eigenvalue weighted by molar-refractivity contribution is 5.91. The minimum atomic E-state index is -0.251. The number of esters is 1. The van der Waals surface area contributed by atoms with E-state index in [-0.39, 0.29) is 5.97 Å². The molecule has 5 nitrogen and oxygen atoms in total. The van der Waals surface area contributed by atoms with Gasteiger partial charge in [0.2, 0.25) is 0 Å². The van der Waals surface area contributed by atoms with Crippen molar-refractivity contribution in [3.8, 4) is 17.1 Å². The number of fused-ring (bicyclic) bond motifs is 2. The Labute approximate surface area is 186 Å². The van der Waals surface area contributed by atoms with Crippen LogP contribution in [0.5, 0.6) is 5.75 Å². The van der Waals surface area contributed by atoms with Gasteiger partial charge in [0.1, 0.15) is 5.52 Å². The van der Waals surface area contributed by atoms with Crippen molar-refractivity contribution in [1.82, 2.24) is 15.0 Å². The van der Waals surface area contributed by atoms with Crippen LogP contribution in [-0.4, -0.2) is 20.9 Å². The summed E-state index contributed by atoms with van der Waals surface area (Å²) in [5.74, 6) is 0.253. The van der Waals surface area contributed by atoms with Crippen LogP contribution >= 0.6 is 0 Å². The molecule has 0 fully saturated rings. The van der Waals surface area contributed by atoms with E-state index in [2.05, 4.69) is 40.1 Å². The fourth-order valence-corrected chi connectivity index (χ4v) is 4.09. The lowest BCUT2D eigenvalue weighted by Crippen LogP contribution is -2.08. The van der Waals surface area contributed by atoms with Crippen LogP contribution in [0.15, 0.2) is 79.1 Å². The lowest BCUT2D eigenvalue weighted by atomic mass is 10.0. The van der Waals surface area contributed by atoms with Crippen molar-refractivity contribution in [2.45, 2.75) is 26.2 Å². The molecule has 2 aromatic carbocycles. The van der Waals surface area contributed by atoms with E-state index in [1.807, 2.05) is 42.5 Å². The number of aromatic amines is 1. The average Bonchev–Trinajstić information content (AvgIpc) is 3.17. The molecule has 0 saturated carbocycles. The van der Waals surface area contributed by atoms with E-state index in [1.54, 1.807) is 18.5 Å². The van der Waals surface area contributed by atoms with Crippen LogP contribution < -0.4 is 4.74 Å². The zero-order chi connectivity index (χ0) is 21.9. The maximum absolute atomic E-state index is 12.6. The van der Waals surface area contributed by atoms with Crippen molar-refractivity contribution in [3.63, 3.8) is 0 Å². The monoisotopic (exact) mass is 421 g/mol. The number of carbonyl (C=O) groups excluding carboxylic acids is 1. The molecular formula is C27H23N3O2. The minimum Gasteiger partial charge on any atom is -0.424 e. The molecule has 0 bridgehead atoms. The summed E-state index contributed by atoms with van der Waals surface area (Å²) in [7, 11) is 0. The van der Waals surface area contributed by atoms with Gasteiger partial charge in [-0.1, -0.05) is 35.9 Å². The zero-order valence-electron chi connectivity index (χ0n) is 17.8. The van der Waals surface area contributed by atoms with E-state index >= 15 is 0 Å². The second-order valence-electron chi connectivity index (χ2n) is 7.90. The van der Waals surface area contributed by atoms with Gasteiger partial charge in [-0.3, -0.25) is 14.8 Å². The topological polar surface area (TPSA) is 67.9 Å². The lowest BCUT2D eigenvalue weighted by molar-refractivity contribution is -0.134. The first-order valence-corrected chi connectivity index (χ1v) is 10.8. The molecule has 5 aromatic rings. The molecule has 0 unspecified atom stereocenters. The maximum Gasteiger partial charge on any atom is 0.311 e. The Kier molecular flexibility index (Phi) is 5.38. The summed E-state index contributed by atoms with van der Waals surface area (Å²) in [6.07, 6.45) is 5.25. The van der Waals surface area contributed by atoms with Gasteiger partial charge in [0, 0.05) is 35.1 Å². The molecule has 5 rings (SSSR count). The second-order valence-corrected chi connectivity index (χ2v) is 7.90. The quantitative estimate of drug-likeness (QED) is 0.269.